The lowest BCUT2D eigenvalue weighted by atomic mass is 10.3. The number of benzene rings is 1. The third kappa shape index (κ3) is 4.26. The molecule has 0 aromatic heterocycles. The van der Waals surface area contributed by atoms with Crippen molar-refractivity contribution in [1.29, 1.82) is 0 Å². The van der Waals surface area contributed by atoms with E-state index in [9.17, 15) is 16.8 Å². The smallest absolute Gasteiger partial charge is 0.298 e. The molecular weight excluding hydrogens is 276 g/mol. The first kappa shape index (κ1) is 18.1. The molecule has 0 unspecified atom stereocenters. The Balaban J connectivity index is 0. The first-order valence-corrected chi connectivity index (χ1v) is 6.28. The van der Waals surface area contributed by atoms with Crippen molar-refractivity contribution in [3.05, 3.63) is 18.2 Å². The van der Waals surface area contributed by atoms with Gasteiger partial charge in [0.2, 0.25) is 0 Å². The molecule has 9 nitrogen and oxygen atoms in total. The van der Waals surface area contributed by atoms with Gasteiger partial charge in [-0.15, -0.1) is 0 Å². The molecule has 0 spiro atoms. The van der Waals surface area contributed by atoms with Gasteiger partial charge in [-0.2, -0.15) is 16.8 Å². The standard InChI is InChI=1S/C6H6O7S2.2H3N/c7-5-2-1-4(14(8,9)10)3-6(5)15(11,12)13;;/h1-3,7H,(H,8,9,10)(H,11,12,13);2*1H3. The molecule has 11 heteroatoms. The van der Waals surface area contributed by atoms with Gasteiger partial charge in [-0.3, -0.25) is 9.11 Å². The van der Waals surface area contributed by atoms with E-state index >= 15 is 0 Å². The van der Waals surface area contributed by atoms with E-state index in [-0.39, 0.29) is 12.3 Å². The van der Waals surface area contributed by atoms with E-state index in [2.05, 4.69) is 0 Å². The summed E-state index contributed by atoms with van der Waals surface area (Å²) in [5.41, 5.74) is 0. The highest BCUT2D eigenvalue weighted by Gasteiger charge is 2.19. The van der Waals surface area contributed by atoms with Gasteiger partial charge < -0.3 is 17.4 Å². The third-order valence-electron chi connectivity index (χ3n) is 1.51. The summed E-state index contributed by atoms with van der Waals surface area (Å²) in [4.78, 5) is -1.73. The molecule has 0 fully saturated rings. The fourth-order valence-electron chi connectivity index (χ4n) is 0.862. The predicted octanol–water partition coefficient (Wildman–Crippen LogP) is 0.210. The van der Waals surface area contributed by atoms with Crippen molar-refractivity contribution in [2.24, 2.45) is 0 Å². The fourth-order valence-corrected chi connectivity index (χ4v) is 2.05. The first-order chi connectivity index (χ1) is 6.62. The molecule has 100 valence electrons. The summed E-state index contributed by atoms with van der Waals surface area (Å²) in [7, 11) is -9.33. The molecule has 0 atom stereocenters. The van der Waals surface area contributed by atoms with Crippen molar-refractivity contribution in [1.82, 2.24) is 12.3 Å². The SMILES string of the molecule is N.N.O=S(=O)(O)c1ccc(O)c(S(=O)(=O)O)c1. The van der Waals surface area contributed by atoms with E-state index < -0.39 is 35.8 Å². The molecule has 0 bridgehead atoms. The van der Waals surface area contributed by atoms with Crippen LogP contribution < -0.4 is 12.3 Å². The predicted molar refractivity (Wildman–Crippen MR) is 57.8 cm³/mol. The highest BCUT2D eigenvalue weighted by Crippen LogP contribution is 2.25. The Morgan fingerprint density at radius 2 is 1.35 bits per heavy atom. The fraction of sp³-hybridized carbons (Fsp3) is 0. The normalized spacial score (nSPS) is 11.2. The Hall–Kier alpha value is -1.24. The molecule has 9 N–H and O–H groups in total. The number of rotatable bonds is 2. The van der Waals surface area contributed by atoms with Crippen molar-refractivity contribution in [2.75, 3.05) is 0 Å². The summed E-state index contributed by atoms with van der Waals surface area (Å²) in [6, 6.07) is 1.96. The second-order valence-electron chi connectivity index (χ2n) is 2.58. The van der Waals surface area contributed by atoms with Crippen molar-refractivity contribution in [3.63, 3.8) is 0 Å². The van der Waals surface area contributed by atoms with Gasteiger partial charge in [0.1, 0.15) is 10.6 Å². The molecule has 0 heterocycles. The van der Waals surface area contributed by atoms with Crippen LogP contribution in [0.2, 0.25) is 0 Å². The summed E-state index contributed by atoms with van der Waals surface area (Å²) in [5.74, 6) is -0.815. The van der Waals surface area contributed by atoms with Gasteiger partial charge >= 0.3 is 0 Å². The van der Waals surface area contributed by atoms with Crippen LogP contribution in [0.1, 0.15) is 0 Å². The van der Waals surface area contributed by atoms with E-state index in [4.69, 9.17) is 14.2 Å². The monoisotopic (exact) mass is 288 g/mol. The lowest BCUT2D eigenvalue weighted by Gasteiger charge is -2.02. The molecule has 1 aromatic rings. The van der Waals surface area contributed by atoms with Crippen LogP contribution in [0.4, 0.5) is 0 Å². The minimum Gasteiger partial charge on any atom is -0.506 e. The van der Waals surface area contributed by atoms with Crippen molar-refractivity contribution in [2.45, 2.75) is 9.79 Å². The van der Waals surface area contributed by atoms with Crippen molar-refractivity contribution >= 4 is 20.2 Å². The van der Waals surface area contributed by atoms with E-state index in [1.165, 1.54) is 0 Å². The summed E-state index contributed by atoms with van der Waals surface area (Å²) >= 11 is 0. The quantitative estimate of drug-likeness (QED) is 0.471. The molecule has 1 rings (SSSR count). The molecule has 0 saturated heterocycles. The molecule has 0 aliphatic rings. The lowest BCUT2D eigenvalue weighted by Crippen LogP contribution is -2.03. The molecule has 1 aromatic carbocycles. The number of hydrogen-bond acceptors (Lipinski definition) is 7. The van der Waals surface area contributed by atoms with E-state index in [1.54, 1.807) is 0 Å². The minimum atomic E-state index is -4.74. The second kappa shape index (κ2) is 5.39. The van der Waals surface area contributed by atoms with E-state index in [0.29, 0.717) is 6.07 Å². The molecule has 0 saturated carbocycles. The third-order valence-corrected chi connectivity index (χ3v) is 3.24. The molecule has 0 amide bonds. The summed E-state index contributed by atoms with van der Waals surface area (Å²) in [6.07, 6.45) is 0. The van der Waals surface area contributed by atoms with Crippen LogP contribution in [0.15, 0.2) is 28.0 Å². The van der Waals surface area contributed by atoms with Gasteiger partial charge in [-0.1, -0.05) is 0 Å². The summed E-state index contributed by atoms with van der Waals surface area (Å²) in [6.45, 7) is 0. The highest BCUT2D eigenvalue weighted by atomic mass is 32.2. The van der Waals surface area contributed by atoms with Crippen LogP contribution >= 0.6 is 0 Å². The number of aromatic hydroxyl groups is 1. The lowest BCUT2D eigenvalue weighted by molar-refractivity contribution is 0.442. The maximum atomic E-state index is 10.7. The maximum absolute atomic E-state index is 10.7. The molecule has 0 aliphatic carbocycles. The number of hydrogen-bond donors (Lipinski definition) is 5. The summed E-state index contributed by atoms with van der Waals surface area (Å²) < 4.78 is 59.7. The average Bonchev–Trinajstić information content (AvgIpc) is 2.00. The highest BCUT2D eigenvalue weighted by molar-refractivity contribution is 7.86. The largest absolute Gasteiger partial charge is 0.506 e. The molecule has 0 aliphatic heterocycles. The Morgan fingerprint density at radius 1 is 0.882 bits per heavy atom. The number of phenolic OH excluding ortho intramolecular Hbond substituents is 1. The zero-order valence-electron chi connectivity index (χ0n) is 8.44. The van der Waals surface area contributed by atoms with Crippen LogP contribution in [0.25, 0.3) is 0 Å². The van der Waals surface area contributed by atoms with E-state index in [1.807, 2.05) is 0 Å². The van der Waals surface area contributed by atoms with Crippen LogP contribution in [0, 0.1) is 0 Å². The Kier molecular flexibility index (Phi) is 5.75. The van der Waals surface area contributed by atoms with Gasteiger partial charge in [0.15, 0.2) is 0 Å². The van der Waals surface area contributed by atoms with Crippen LogP contribution in [-0.2, 0) is 20.2 Å². The van der Waals surface area contributed by atoms with Gasteiger partial charge in [-0.05, 0) is 18.2 Å². The summed E-state index contributed by atoms with van der Waals surface area (Å²) in [5, 5.41) is 9.02. The molecule has 17 heavy (non-hydrogen) atoms. The van der Waals surface area contributed by atoms with Crippen LogP contribution in [-0.4, -0.2) is 31.0 Å². The number of phenols is 1. The van der Waals surface area contributed by atoms with Gasteiger partial charge in [0.05, 0.1) is 4.90 Å². The Morgan fingerprint density at radius 3 is 1.71 bits per heavy atom. The van der Waals surface area contributed by atoms with Crippen LogP contribution in [0.3, 0.4) is 0 Å². The second-order valence-corrected chi connectivity index (χ2v) is 5.39. The van der Waals surface area contributed by atoms with Gasteiger partial charge in [0.25, 0.3) is 20.2 Å². The average molecular weight is 288 g/mol. The van der Waals surface area contributed by atoms with Gasteiger partial charge in [0, 0.05) is 0 Å². The molecule has 0 radical (unpaired) electrons. The minimum absolute atomic E-state index is 0. The topological polar surface area (TPSA) is 199 Å². The maximum Gasteiger partial charge on any atom is 0.298 e. The zero-order valence-corrected chi connectivity index (χ0v) is 10.1. The van der Waals surface area contributed by atoms with Crippen LogP contribution in [0.5, 0.6) is 5.75 Å². The Labute approximate surface area is 97.8 Å². The zero-order chi connectivity index (χ0) is 11.9. The van der Waals surface area contributed by atoms with Gasteiger partial charge in [-0.25, -0.2) is 0 Å². The Bertz CT molecular complexity index is 593. The molecular formula is C6H12N2O7S2. The van der Waals surface area contributed by atoms with Crippen molar-refractivity contribution < 1.29 is 31.0 Å². The van der Waals surface area contributed by atoms with E-state index in [0.717, 1.165) is 12.1 Å². The van der Waals surface area contributed by atoms with Crippen molar-refractivity contribution in [3.8, 4) is 5.75 Å². The first-order valence-electron chi connectivity index (χ1n) is 3.40.